The number of hydrogen-bond acceptors (Lipinski definition) is 4. The van der Waals surface area contributed by atoms with Gasteiger partial charge in [-0.1, -0.05) is 0 Å². The Kier molecular flexibility index (Phi) is 4.50. The van der Waals surface area contributed by atoms with Crippen molar-refractivity contribution in [3.05, 3.63) is 21.9 Å². The molecule has 1 aromatic heterocycles. The van der Waals surface area contributed by atoms with Crippen LogP contribution >= 0.6 is 23.1 Å². The summed E-state index contributed by atoms with van der Waals surface area (Å²) in [4.78, 5) is 30.9. The fraction of sp³-hybridized carbons (Fsp3) is 0.625. The quantitative estimate of drug-likeness (QED) is 0.851. The van der Waals surface area contributed by atoms with Crippen molar-refractivity contribution in [1.29, 1.82) is 0 Å². The van der Waals surface area contributed by atoms with Crippen molar-refractivity contribution in [3.63, 3.8) is 0 Å². The third-order valence-electron chi connectivity index (χ3n) is 4.75. The standard InChI is InChI=1S/C16H22N2O2S2/c1-12-4-5-13(22-12)14(19)17-8-10-18(11-9-17)15(20)16(21-2)6-3-7-16/h4-5H,3,6-11H2,1-2H3. The van der Waals surface area contributed by atoms with Crippen LogP contribution in [0.1, 0.15) is 33.8 Å². The molecule has 0 N–H and O–H groups in total. The molecule has 0 aromatic carbocycles. The highest BCUT2D eigenvalue weighted by atomic mass is 32.2. The topological polar surface area (TPSA) is 40.6 Å². The SMILES string of the molecule is CSC1(C(=O)N2CCN(C(=O)c3ccc(C)s3)CC2)CCC1. The first-order valence-corrected chi connectivity index (χ1v) is 9.80. The molecule has 1 saturated heterocycles. The average molecular weight is 338 g/mol. The second-order valence-corrected chi connectivity index (χ2v) is 8.52. The minimum Gasteiger partial charge on any atom is -0.338 e. The largest absolute Gasteiger partial charge is 0.338 e. The number of amides is 2. The monoisotopic (exact) mass is 338 g/mol. The van der Waals surface area contributed by atoms with Crippen LogP contribution in [-0.2, 0) is 4.79 Å². The van der Waals surface area contributed by atoms with Gasteiger partial charge in [-0.25, -0.2) is 0 Å². The van der Waals surface area contributed by atoms with E-state index in [9.17, 15) is 9.59 Å². The summed E-state index contributed by atoms with van der Waals surface area (Å²) in [6.45, 7) is 4.63. The first kappa shape index (κ1) is 15.9. The van der Waals surface area contributed by atoms with Crippen molar-refractivity contribution in [2.45, 2.75) is 30.9 Å². The predicted octanol–water partition coefficient (Wildman–Crippen LogP) is 2.63. The molecule has 1 aromatic rings. The van der Waals surface area contributed by atoms with Crippen molar-refractivity contribution in [1.82, 2.24) is 9.80 Å². The maximum atomic E-state index is 12.7. The summed E-state index contributed by atoms with van der Waals surface area (Å²) in [6.07, 6.45) is 5.19. The van der Waals surface area contributed by atoms with E-state index in [1.807, 2.05) is 35.1 Å². The molecular formula is C16H22N2O2S2. The number of thiophene rings is 1. The van der Waals surface area contributed by atoms with Gasteiger partial charge in [0.2, 0.25) is 5.91 Å². The van der Waals surface area contributed by atoms with Crippen LogP contribution in [0.25, 0.3) is 0 Å². The van der Waals surface area contributed by atoms with Gasteiger partial charge in [0.1, 0.15) is 0 Å². The number of aryl methyl sites for hydroxylation is 1. The molecule has 22 heavy (non-hydrogen) atoms. The highest BCUT2D eigenvalue weighted by Gasteiger charge is 2.46. The van der Waals surface area contributed by atoms with Gasteiger partial charge < -0.3 is 9.80 Å². The van der Waals surface area contributed by atoms with Gasteiger partial charge in [0.25, 0.3) is 5.91 Å². The summed E-state index contributed by atoms with van der Waals surface area (Å²) in [7, 11) is 0. The number of carbonyl (C=O) groups excluding carboxylic acids is 2. The van der Waals surface area contributed by atoms with Gasteiger partial charge in [0.05, 0.1) is 9.62 Å². The number of piperazine rings is 1. The zero-order chi connectivity index (χ0) is 15.7. The average Bonchev–Trinajstić information content (AvgIpc) is 2.92. The van der Waals surface area contributed by atoms with Crippen LogP contribution in [0.5, 0.6) is 0 Å². The third-order valence-corrected chi connectivity index (χ3v) is 7.10. The lowest BCUT2D eigenvalue weighted by Gasteiger charge is -2.44. The van der Waals surface area contributed by atoms with Gasteiger partial charge in [-0.2, -0.15) is 0 Å². The maximum absolute atomic E-state index is 12.7. The van der Waals surface area contributed by atoms with E-state index < -0.39 is 0 Å². The minimum absolute atomic E-state index is 0.105. The summed E-state index contributed by atoms with van der Waals surface area (Å²) in [5.74, 6) is 0.388. The summed E-state index contributed by atoms with van der Waals surface area (Å²) in [6, 6.07) is 3.88. The van der Waals surface area contributed by atoms with Gasteiger partial charge >= 0.3 is 0 Å². The second-order valence-electron chi connectivity index (χ2n) is 6.05. The number of rotatable bonds is 3. The Morgan fingerprint density at radius 3 is 2.23 bits per heavy atom. The molecule has 0 unspecified atom stereocenters. The second kappa shape index (κ2) is 6.24. The van der Waals surface area contributed by atoms with Crippen LogP contribution in [-0.4, -0.2) is 58.8 Å². The van der Waals surface area contributed by atoms with Gasteiger partial charge in [0.15, 0.2) is 0 Å². The lowest BCUT2D eigenvalue weighted by atomic mass is 9.83. The van der Waals surface area contributed by atoms with Crippen LogP contribution in [0, 0.1) is 6.92 Å². The lowest BCUT2D eigenvalue weighted by molar-refractivity contribution is -0.137. The highest BCUT2D eigenvalue weighted by Crippen LogP contribution is 2.44. The summed E-state index contributed by atoms with van der Waals surface area (Å²) in [5.41, 5.74) is 0. The van der Waals surface area contributed by atoms with E-state index in [1.54, 1.807) is 23.1 Å². The summed E-state index contributed by atoms with van der Waals surface area (Å²) in [5, 5.41) is 0. The Balaban J connectivity index is 1.58. The molecule has 4 nitrogen and oxygen atoms in total. The van der Waals surface area contributed by atoms with Crippen LogP contribution in [0.2, 0.25) is 0 Å². The molecule has 0 atom stereocenters. The summed E-state index contributed by atoms with van der Waals surface area (Å²) >= 11 is 3.24. The molecule has 0 spiro atoms. The van der Waals surface area contributed by atoms with Crippen LogP contribution in [0.15, 0.2) is 12.1 Å². The van der Waals surface area contributed by atoms with Gasteiger partial charge in [-0.15, -0.1) is 23.1 Å². The molecule has 1 aliphatic carbocycles. The molecule has 2 amide bonds. The Morgan fingerprint density at radius 1 is 1.14 bits per heavy atom. The highest BCUT2D eigenvalue weighted by molar-refractivity contribution is 8.00. The third kappa shape index (κ3) is 2.78. The maximum Gasteiger partial charge on any atom is 0.264 e. The number of hydrogen-bond donors (Lipinski definition) is 0. The van der Waals surface area contributed by atoms with Gasteiger partial charge in [-0.3, -0.25) is 9.59 Å². The fourth-order valence-electron chi connectivity index (χ4n) is 3.11. The van der Waals surface area contributed by atoms with Crippen molar-refractivity contribution in [3.8, 4) is 0 Å². The molecule has 6 heteroatoms. The van der Waals surface area contributed by atoms with Crippen molar-refractivity contribution >= 4 is 34.9 Å². The molecule has 1 aliphatic heterocycles. The van der Waals surface area contributed by atoms with Crippen LogP contribution in [0.3, 0.4) is 0 Å². The van der Waals surface area contributed by atoms with Crippen molar-refractivity contribution in [2.75, 3.05) is 32.4 Å². The van der Waals surface area contributed by atoms with E-state index in [2.05, 4.69) is 0 Å². The molecule has 3 rings (SSSR count). The lowest BCUT2D eigenvalue weighted by Crippen LogP contribution is -2.57. The normalized spacial score (nSPS) is 20.6. The fourth-order valence-corrected chi connectivity index (χ4v) is 4.95. The Labute approximate surface area is 139 Å². The zero-order valence-corrected chi connectivity index (χ0v) is 14.8. The molecule has 2 aliphatic rings. The summed E-state index contributed by atoms with van der Waals surface area (Å²) < 4.78 is -0.170. The van der Waals surface area contributed by atoms with Gasteiger partial charge in [0, 0.05) is 31.1 Å². The molecule has 120 valence electrons. The molecular weight excluding hydrogens is 316 g/mol. The van der Waals surface area contributed by atoms with E-state index >= 15 is 0 Å². The van der Waals surface area contributed by atoms with E-state index in [1.165, 1.54) is 0 Å². The van der Waals surface area contributed by atoms with E-state index in [0.717, 1.165) is 29.0 Å². The number of carbonyl (C=O) groups is 2. The Morgan fingerprint density at radius 2 is 1.77 bits per heavy atom. The molecule has 0 bridgehead atoms. The van der Waals surface area contributed by atoms with Crippen LogP contribution < -0.4 is 0 Å². The first-order chi connectivity index (χ1) is 10.6. The first-order valence-electron chi connectivity index (χ1n) is 7.76. The molecule has 1 saturated carbocycles. The smallest absolute Gasteiger partial charge is 0.264 e. The minimum atomic E-state index is -0.170. The predicted molar refractivity (Wildman–Crippen MR) is 91.6 cm³/mol. The molecule has 0 radical (unpaired) electrons. The van der Waals surface area contributed by atoms with Crippen molar-refractivity contribution < 1.29 is 9.59 Å². The molecule has 2 fully saturated rings. The van der Waals surface area contributed by atoms with Crippen LogP contribution in [0.4, 0.5) is 0 Å². The van der Waals surface area contributed by atoms with Crippen molar-refractivity contribution in [2.24, 2.45) is 0 Å². The van der Waals surface area contributed by atoms with E-state index in [0.29, 0.717) is 26.2 Å². The van der Waals surface area contributed by atoms with E-state index in [4.69, 9.17) is 0 Å². The van der Waals surface area contributed by atoms with Gasteiger partial charge in [-0.05, 0) is 44.6 Å². The number of nitrogens with zero attached hydrogens (tertiary/aromatic N) is 2. The van der Waals surface area contributed by atoms with E-state index in [-0.39, 0.29) is 16.6 Å². The Bertz CT molecular complexity index is 567. The Hall–Kier alpha value is -1.01. The zero-order valence-electron chi connectivity index (χ0n) is 13.1. The molecule has 2 heterocycles. The number of thioether (sulfide) groups is 1.